The second-order valence-corrected chi connectivity index (χ2v) is 7.12. The lowest BCUT2D eigenvalue weighted by Gasteiger charge is -2.24. The molecule has 2 N–H and O–H groups in total. The van der Waals surface area contributed by atoms with Gasteiger partial charge < -0.3 is 15.2 Å². The first-order valence-corrected chi connectivity index (χ1v) is 9.63. The van der Waals surface area contributed by atoms with Crippen molar-refractivity contribution >= 4 is 0 Å². The number of alkyl halides is 6. The van der Waals surface area contributed by atoms with E-state index < -0.39 is 48.0 Å². The Labute approximate surface area is 184 Å². The van der Waals surface area contributed by atoms with E-state index in [1.54, 1.807) is 30.3 Å². The molecule has 33 heavy (non-hydrogen) atoms. The minimum Gasteiger partial charge on any atom is -0.457 e. The lowest BCUT2D eigenvalue weighted by atomic mass is 9.95. The minimum absolute atomic E-state index is 0.135. The molecule has 0 aromatic heterocycles. The number of ether oxygens (including phenoxy) is 1. The summed E-state index contributed by atoms with van der Waals surface area (Å²) in [5.41, 5.74) is -1.56. The highest BCUT2D eigenvalue weighted by molar-refractivity contribution is 5.41. The number of nitrogens with one attached hydrogen (secondary N) is 1. The van der Waals surface area contributed by atoms with E-state index in [2.05, 4.69) is 5.32 Å². The van der Waals surface area contributed by atoms with Crippen molar-refractivity contribution < 1.29 is 40.6 Å². The van der Waals surface area contributed by atoms with Gasteiger partial charge in [-0.3, -0.25) is 0 Å². The zero-order valence-corrected chi connectivity index (χ0v) is 16.8. The predicted molar refractivity (Wildman–Crippen MR) is 106 cm³/mol. The van der Waals surface area contributed by atoms with E-state index in [1.165, 1.54) is 24.3 Å². The van der Waals surface area contributed by atoms with E-state index in [1.807, 2.05) is 0 Å². The van der Waals surface area contributed by atoms with Crippen molar-refractivity contribution in [2.24, 2.45) is 0 Å². The van der Waals surface area contributed by atoms with Gasteiger partial charge in [-0.15, -0.1) is 0 Å². The highest BCUT2D eigenvalue weighted by Crippen LogP contribution is 2.35. The van der Waals surface area contributed by atoms with Crippen LogP contribution in [0.3, 0.4) is 0 Å². The Morgan fingerprint density at radius 1 is 0.818 bits per heavy atom. The van der Waals surface area contributed by atoms with Gasteiger partial charge in [0.25, 0.3) is 0 Å². The topological polar surface area (TPSA) is 41.5 Å². The van der Waals surface area contributed by atoms with Crippen LogP contribution >= 0.6 is 0 Å². The second-order valence-electron chi connectivity index (χ2n) is 7.12. The van der Waals surface area contributed by atoms with Gasteiger partial charge in [-0.05, 0) is 48.0 Å². The van der Waals surface area contributed by atoms with Crippen molar-refractivity contribution in [3.63, 3.8) is 0 Å². The van der Waals surface area contributed by atoms with Gasteiger partial charge in [0.05, 0.1) is 11.6 Å². The molecule has 0 aliphatic rings. The van der Waals surface area contributed by atoms with Crippen molar-refractivity contribution in [3.8, 4) is 11.5 Å². The average Bonchev–Trinajstić information content (AvgIpc) is 2.74. The highest BCUT2D eigenvalue weighted by Gasteiger charge is 2.39. The van der Waals surface area contributed by atoms with E-state index >= 15 is 0 Å². The third kappa shape index (κ3) is 6.45. The van der Waals surface area contributed by atoms with Gasteiger partial charge in [-0.1, -0.05) is 30.3 Å². The first-order valence-electron chi connectivity index (χ1n) is 9.63. The predicted octanol–water partition coefficient (Wildman–Crippen LogP) is 6.24. The first-order chi connectivity index (χ1) is 15.4. The number of benzene rings is 3. The summed E-state index contributed by atoms with van der Waals surface area (Å²) in [7, 11) is 0. The van der Waals surface area contributed by atoms with Crippen LogP contribution in [0.15, 0.2) is 72.8 Å². The maximum atomic E-state index is 14.6. The molecule has 0 spiro atoms. The summed E-state index contributed by atoms with van der Waals surface area (Å²) in [5, 5.41) is 11.7. The Kier molecular flexibility index (Phi) is 7.28. The van der Waals surface area contributed by atoms with Crippen LogP contribution in [0.4, 0.5) is 30.7 Å². The van der Waals surface area contributed by atoms with Crippen LogP contribution < -0.4 is 10.1 Å². The third-order valence-corrected chi connectivity index (χ3v) is 4.70. The van der Waals surface area contributed by atoms with Crippen LogP contribution in [0.1, 0.15) is 22.7 Å². The maximum absolute atomic E-state index is 14.6. The number of hydrogen-bond acceptors (Lipinski definition) is 3. The Morgan fingerprint density at radius 2 is 1.48 bits per heavy atom. The standard InChI is InChI=1S/C23H18F7NO2/c24-19-10-9-15(22(25,26)27)12-18(19)21(31-13-20(32)23(28,29)30)14-5-4-8-17(11-14)33-16-6-2-1-3-7-16/h1-12,20-21,31-32H,13H2. The summed E-state index contributed by atoms with van der Waals surface area (Å²) >= 11 is 0. The van der Waals surface area contributed by atoms with Crippen molar-refractivity contribution in [2.45, 2.75) is 24.5 Å². The molecule has 2 unspecified atom stereocenters. The van der Waals surface area contributed by atoms with Gasteiger partial charge in [-0.2, -0.15) is 26.3 Å². The second kappa shape index (κ2) is 9.80. The number of aliphatic hydroxyl groups is 1. The Bertz CT molecular complexity index is 1070. The summed E-state index contributed by atoms with van der Waals surface area (Å²) < 4.78 is 98.1. The molecule has 0 bridgehead atoms. The monoisotopic (exact) mass is 473 g/mol. The minimum atomic E-state index is -4.97. The molecule has 0 fully saturated rings. The Morgan fingerprint density at radius 3 is 2.12 bits per heavy atom. The van der Waals surface area contributed by atoms with Crippen LogP contribution in [0.25, 0.3) is 0 Å². The third-order valence-electron chi connectivity index (χ3n) is 4.70. The van der Waals surface area contributed by atoms with E-state index in [9.17, 15) is 35.8 Å². The van der Waals surface area contributed by atoms with Gasteiger partial charge in [-0.25, -0.2) is 4.39 Å². The lowest BCUT2D eigenvalue weighted by molar-refractivity contribution is -0.202. The molecule has 3 aromatic rings. The average molecular weight is 473 g/mol. The molecule has 0 amide bonds. The number of hydrogen-bond donors (Lipinski definition) is 2. The van der Waals surface area contributed by atoms with E-state index in [0.29, 0.717) is 23.9 Å². The molecule has 0 heterocycles. The molecule has 2 atom stereocenters. The molecule has 3 rings (SSSR count). The zero-order chi connectivity index (χ0) is 24.2. The van der Waals surface area contributed by atoms with Gasteiger partial charge in [0.15, 0.2) is 6.10 Å². The Balaban J connectivity index is 2.00. The molecule has 0 saturated carbocycles. The van der Waals surface area contributed by atoms with E-state index in [0.717, 1.165) is 0 Å². The summed E-state index contributed by atoms with van der Waals surface area (Å²) in [4.78, 5) is 0. The fourth-order valence-corrected chi connectivity index (χ4v) is 3.08. The van der Waals surface area contributed by atoms with Crippen LogP contribution in [0.5, 0.6) is 11.5 Å². The summed E-state index contributed by atoms with van der Waals surface area (Å²) in [5.74, 6) is -0.387. The van der Waals surface area contributed by atoms with Crippen LogP contribution in [0.2, 0.25) is 0 Å². The van der Waals surface area contributed by atoms with Crippen LogP contribution in [-0.4, -0.2) is 23.9 Å². The van der Waals surface area contributed by atoms with E-state index in [4.69, 9.17) is 4.74 Å². The molecular weight excluding hydrogens is 455 g/mol. The molecular formula is C23H18F7NO2. The largest absolute Gasteiger partial charge is 0.457 e. The summed E-state index contributed by atoms with van der Waals surface area (Å²) in [6, 6.07) is 14.4. The number of halogens is 7. The lowest BCUT2D eigenvalue weighted by Crippen LogP contribution is -2.40. The quantitative estimate of drug-likeness (QED) is 0.400. The van der Waals surface area contributed by atoms with Crippen LogP contribution in [0, 0.1) is 5.82 Å². The summed E-state index contributed by atoms with van der Waals surface area (Å²) in [6.07, 6.45) is -12.6. The fraction of sp³-hybridized carbons (Fsp3) is 0.217. The Hall–Kier alpha value is -3.11. The van der Waals surface area contributed by atoms with Crippen molar-refractivity contribution in [1.29, 1.82) is 0 Å². The van der Waals surface area contributed by atoms with Crippen molar-refractivity contribution in [3.05, 3.63) is 95.3 Å². The van der Waals surface area contributed by atoms with Gasteiger partial charge in [0.1, 0.15) is 17.3 Å². The molecule has 0 saturated heterocycles. The smallest absolute Gasteiger partial charge is 0.416 e. The molecule has 10 heteroatoms. The first kappa shape index (κ1) is 24.5. The molecule has 3 aromatic carbocycles. The van der Waals surface area contributed by atoms with Crippen molar-refractivity contribution in [1.82, 2.24) is 5.32 Å². The molecule has 176 valence electrons. The number of aliphatic hydroxyl groups excluding tert-OH is 1. The SMILES string of the molecule is OC(CNC(c1cccc(Oc2ccccc2)c1)c1cc(C(F)(F)F)ccc1F)C(F)(F)F. The van der Waals surface area contributed by atoms with E-state index in [-0.39, 0.29) is 11.3 Å². The molecule has 3 nitrogen and oxygen atoms in total. The maximum Gasteiger partial charge on any atom is 0.416 e. The van der Waals surface area contributed by atoms with Crippen molar-refractivity contribution in [2.75, 3.05) is 6.54 Å². The summed E-state index contributed by atoms with van der Waals surface area (Å²) in [6.45, 7) is -1.08. The zero-order valence-electron chi connectivity index (χ0n) is 16.8. The van der Waals surface area contributed by atoms with Gasteiger partial charge in [0, 0.05) is 12.1 Å². The highest BCUT2D eigenvalue weighted by atomic mass is 19.4. The van der Waals surface area contributed by atoms with Gasteiger partial charge >= 0.3 is 12.4 Å². The van der Waals surface area contributed by atoms with Crippen LogP contribution in [-0.2, 0) is 6.18 Å². The number of para-hydroxylation sites is 1. The molecule has 0 aliphatic carbocycles. The molecule has 0 radical (unpaired) electrons. The molecule has 0 aliphatic heterocycles. The fourth-order valence-electron chi connectivity index (χ4n) is 3.08. The number of rotatable bonds is 7. The van der Waals surface area contributed by atoms with Gasteiger partial charge in [0.2, 0.25) is 0 Å². The normalized spacial score (nSPS) is 14.1.